The quantitative estimate of drug-likeness (QED) is 0.918. The molecule has 5 nitrogen and oxygen atoms in total. The highest BCUT2D eigenvalue weighted by Crippen LogP contribution is 2.38. The molecule has 1 aromatic rings. The molecule has 19 heavy (non-hydrogen) atoms. The highest BCUT2D eigenvalue weighted by atomic mass is 79.9. The van der Waals surface area contributed by atoms with Gasteiger partial charge in [-0.1, -0.05) is 0 Å². The number of carbonyl (C=O) groups excluding carboxylic acids is 2. The third-order valence-electron chi connectivity index (χ3n) is 3.82. The molecule has 3 rings (SSSR count). The molecular formula is C13H16BrN3O2. The molecule has 1 saturated carbocycles. The number of nitrogens with zero attached hydrogens (tertiary/aromatic N) is 2. The van der Waals surface area contributed by atoms with Crippen molar-refractivity contribution in [3.05, 3.63) is 22.4 Å². The van der Waals surface area contributed by atoms with E-state index >= 15 is 0 Å². The minimum Gasteiger partial charge on any atom is -0.368 e. The Hall–Kier alpha value is -1.30. The van der Waals surface area contributed by atoms with E-state index in [2.05, 4.69) is 15.9 Å². The van der Waals surface area contributed by atoms with Crippen LogP contribution in [-0.4, -0.2) is 33.9 Å². The van der Waals surface area contributed by atoms with Crippen LogP contribution in [0.4, 0.5) is 0 Å². The lowest BCUT2D eigenvalue weighted by Crippen LogP contribution is -2.44. The zero-order valence-corrected chi connectivity index (χ0v) is 12.1. The molecule has 1 aromatic heterocycles. The zero-order valence-electron chi connectivity index (χ0n) is 10.5. The van der Waals surface area contributed by atoms with Crippen LogP contribution in [0, 0.1) is 0 Å². The van der Waals surface area contributed by atoms with Gasteiger partial charge in [-0.05, 0) is 47.7 Å². The first-order chi connectivity index (χ1) is 9.08. The van der Waals surface area contributed by atoms with E-state index in [-0.39, 0.29) is 5.91 Å². The average molecular weight is 326 g/mol. The van der Waals surface area contributed by atoms with E-state index in [4.69, 9.17) is 5.73 Å². The second-order valence-corrected chi connectivity index (χ2v) is 6.16. The Morgan fingerprint density at radius 1 is 1.32 bits per heavy atom. The Balaban J connectivity index is 1.89. The van der Waals surface area contributed by atoms with Gasteiger partial charge in [-0.25, -0.2) is 0 Å². The summed E-state index contributed by atoms with van der Waals surface area (Å²) in [4.78, 5) is 25.6. The molecule has 2 fully saturated rings. The fourth-order valence-electron chi connectivity index (χ4n) is 2.72. The third kappa shape index (κ3) is 2.29. The number of amides is 2. The van der Waals surface area contributed by atoms with Crippen LogP contribution in [0.1, 0.15) is 42.2 Å². The number of aromatic nitrogens is 1. The number of halogens is 1. The number of nitrogens with two attached hydrogens (primary N) is 1. The summed E-state index contributed by atoms with van der Waals surface area (Å²) in [5, 5.41) is 0. The Bertz CT molecular complexity index is 536. The first kappa shape index (κ1) is 12.7. The summed E-state index contributed by atoms with van der Waals surface area (Å²) in [5.41, 5.74) is 6.03. The van der Waals surface area contributed by atoms with Crippen molar-refractivity contribution in [3.8, 4) is 0 Å². The summed E-state index contributed by atoms with van der Waals surface area (Å²) < 4.78 is 2.92. The number of rotatable bonds is 3. The maximum Gasteiger partial charge on any atom is 0.271 e. The van der Waals surface area contributed by atoms with Gasteiger partial charge in [0, 0.05) is 23.3 Å². The van der Waals surface area contributed by atoms with Crippen LogP contribution in [-0.2, 0) is 4.79 Å². The van der Waals surface area contributed by atoms with E-state index in [9.17, 15) is 9.59 Å². The Labute approximate surface area is 119 Å². The molecule has 0 aromatic carbocycles. The predicted molar refractivity (Wildman–Crippen MR) is 73.7 cm³/mol. The van der Waals surface area contributed by atoms with Gasteiger partial charge in [0.1, 0.15) is 11.7 Å². The molecule has 6 heteroatoms. The van der Waals surface area contributed by atoms with Crippen molar-refractivity contribution >= 4 is 27.7 Å². The fourth-order valence-corrected chi connectivity index (χ4v) is 3.16. The second-order valence-electron chi connectivity index (χ2n) is 5.24. The Morgan fingerprint density at radius 3 is 2.68 bits per heavy atom. The van der Waals surface area contributed by atoms with E-state index in [0.717, 1.165) is 23.7 Å². The normalized spacial score (nSPS) is 22.8. The molecule has 0 bridgehead atoms. The molecule has 2 N–H and O–H groups in total. The highest BCUT2D eigenvalue weighted by molar-refractivity contribution is 9.10. The molecule has 1 aliphatic heterocycles. The highest BCUT2D eigenvalue weighted by Gasteiger charge is 2.36. The van der Waals surface area contributed by atoms with Gasteiger partial charge >= 0.3 is 0 Å². The van der Waals surface area contributed by atoms with Crippen molar-refractivity contribution < 1.29 is 9.59 Å². The van der Waals surface area contributed by atoms with Gasteiger partial charge in [0.05, 0.1) is 0 Å². The number of primary amides is 1. The zero-order chi connectivity index (χ0) is 13.6. The van der Waals surface area contributed by atoms with Crippen molar-refractivity contribution in [1.29, 1.82) is 0 Å². The monoisotopic (exact) mass is 325 g/mol. The molecule has 2 aliphatic rings. The van der Waals surface area contributed by atoms with E-state index in [1.807, 2.05) is 16.8 Å². The molecule has 0 radical (unpaired) electrons. The number of hydrogen-bond acceptors (Lipinski definition) is 2. The van der Waals surface area contributed by atoms with Gasteiger partial charge in [-0.2, -0.15) is 0 Å². The summed E-state index contributed by atoms with van der Waals surface area (Å²) in [7, 11) is 0. The van der Waals surface area contributed by atoms with Crippen LogP contribution in [0.15, 0.2) is 16.7 Å². The van der Waals surface area contributed by atoms with Gasteiger partial charge in [0.2, 0.25) is 5.91 Å². The van der Waals surface area contributed by atoms with Crippen LogP contribution in [0.25, 0.3) is 0 Å². The van der Waals surface area contributed by atoms with E-state index in [0.29, 0.717) is 24.7 Å². The molecule has 1 atom stereocenters. The molecule has 2 heterocycles. The van der Waals surface area contributed by atoms with Crippen molar-refractivity contribution in [2.24, 2.45) is 5.73 Å². The van der Waals surface area contributed by atoms with E-state index in [1.165, 1.54) is 0 Å². The molecule has 0 spiro atoms. The van der Waals surface area contributed by atoms with E-state index in [1.54, 1.807) is 4.90 Å². The van der Waals surface area contributed by atoms with Gasteiger partial charge in [0.25, 0.3) is 5.91 Å². The Morgan fingerprint density at radius 2 is 2.05 bits per heavy atom. The minimum atomic E-state index is -0.450. The maximum absolute atomic E-state index is 12.6. The maximum atomic E-state index is 12.6. The summed E-state index contributed by atoms with van der Waals surface area (Å²) >= 11 is 3.42. The smallest absolute Gasteiger partial charge is 0.271 e. The first-order valence-corrected chi connectivity index (χ1v) is 7.35. The SMILES string of the molecule is NC(=O)C1CCCN1C(=O)c1cc(Br)cn1C1CC1. The molecule has 102 valence electrons. The molecule has 2 amide bonds. The Kier molecular flexibility index (Phi) is 3.12. The summed E-state index contributed by atoms with van der Waals surface area (Å²) in [6.45, 7) is 0.611. The lowest BCUT2D eigenvalue weighted by molar-refractivity contribution is -0.121. The second kappa shape index (κ2) is 4.67. The van der Waals surface area contributed by atoms with Crippen molar-refractivity contribution in [1.82, 2.24) is 9.47 Å². The van der Waals surface area contributed by atoms with Crippen LogP contribution in [0.3, 0.4) is 0 Å². The molecular weight excluding hydrogens is 310 g/mol. The number of carbonyl (C=O) groups is 2. The topological polar surface area (TPSA) is 68.3 Å². The van der Waals surface area contributed by atoms with Gasteiger partial charge in [-0.3, -0.25) is 9.59 Å². The fraction of sp³-hybridized carbons (Fsp3) is 0.538. The predicted octanol–water partition coefficient (Wildman–Crippen LogP) is 1.68. The number of likely N-dealkylation sites (tertiary alicyclic amines) is 1. The van der Waals surface area contributed by atoms with Crippen molar-refractivity contribution in [2.75, 3.05) is 6.54 Å². The average Bonchev–Trinajstić information content (AvgIpc) is 2.95. The van der Waals surface area contributed by atoms with Crippen LogP contribution in [0.2, 0.25) is 0 Å². The van der Waals surface area contributed by atoms with E-state index < -0.39 is 11.9 Å². The van der Waals surface area contributed by atoms with Crippen molar-refractivity contribution in [2.45, 2.75) is 37.8 Å². The van der Waals surface area contributed by atoms with Crippen LogP contribution >= 0.6 is 15.9 Å². The third-order valence-corrected chi connectivity index (χ3v) is 4.25. The van der Waals surface area contributed by atoms with Crippen LogP contribution in [0.5, 0.6) is 0 Å². The molecule has 1 unspecified atom stereocenters. The molecule has 1 aliphatic carbocycles. The lowest BCUT2D eigenvalue weighted by atomic mass is 10.2. The minimum absolute atomic E-state index is 0.0844. The van der Waals surface area contributed by atoms with Gasteiger partial charge in [-0.15, -0.1) is 0 Å². The summed E-state index contributed by atoms with van der Waals surface area (Å²) in [6.07, 6.45) is 5.68. The van der Waals surface area contributed by atoms with Gasteiger partial charge < -0.3 is 15.2 Å². The lowest BCUT2D eigenvalue weighted by Gasteiger charge is -2.22. The summed E-state index contributed by atoms with van der Waals surface area (Å²) in [6, 6.07) is 1.81. The first-order valence-electron chi connectivity index (χ1n) is 6.55. The van der Waals surface area contributed by atoms with Crippen molar-refractivity contribution in [3.63, 3.8) is 0 Å². The van der Waals surface area contributed by atoms with Crippen LogP contribution < -0.4 is 5.73 Å². The molecule has 1 saturated heterocycles. The van der Waals surface area contributed by atoms with Gasteiger partial charge in [0.15, 0.2) is 0 Å². The largest absolute Gasteiger partial charge is 0.368 e. The number of hydrogen-bond donors (Lipinski definition) is 1. The summed E-state index contributed by atoms with van der Waals surface area (Å²) in [5.74, 6) is -0.492. The standard InChI is InChI=1S/C13H16BrN3O2/c14-8-6-11(17(7-8)9-3-4-9)13(19)16-5-1-2-10(16)12(15)18/h6-7,9-10H,1-5H2,(H2,15,18).